The number of amides is 1. The first-order valence-corrected chi connectivity index (χ1v) is 10.3. The molecular weight excluding hydrogens is 472 g/mol. The fourth-order valence-electron chi connectivity index (χ4n) is 3.29. The van der Waals surface area contributed by atoms with E-state index in [1.165, 1.54) is 7.11 Å². The minimum absolute atomic E-state index is 0.117. The van der Waals surface area contributed by atoms with Crippen molar-refractivity contribution in [3.8, 4) is 5.75 Å². The molecular formula is C23H22F4N4O4. The molecule has 35 heavy (non-hydrogen) atoms. The minimum Gasteiger partial charge on any atom is -0.403 e. The summed E-state index contributed by atoms with van der Waals surface area (Å²) in [5, 5.41) is 2.57. The van der Waals surface area contributed by atoms with Crippen LogP contribution in [0.1, 0.15) is 47.5 Å². The van der Waals surface area contributed by atoms with Crippen molar-refractivity contribution in [2.24, 2.45) is 0 Å². The second kappa shape index (κ2) is 10.2. The maximum absolute atomic E-state index is 14.2. The van der Waals surface area contributed by atoms with Gasteiger partial charge in [-0.3, -0.25) is 14.6 Å². The van der Waals surface area contributed by atoms with E-state index in [0.717, 1.165) is 24.3 Å². The molecule has 0 saturated carbocycles. The van der Waals surface area contributed by atoms with Crippen LogP contribution in [0.3, 0.4) is 0 Å². The number of hydrogen-bond donors (Lipinski definition) is 2. The Kier molecular flexibility index (Phi) is 7.54. The number of nitrogens with one attached hydrogen (secondary N) is 2. The van der Waals surface area contributed by atoms with Crippen LogP contribution in [0.4, 0.5) is 17.6 Å². The highest BCUT2D eigenvalue weighted by Crippen LogP contribution is 2.29. The Balaban J connectivity index is 1.88. The van der Waals surface area contributed by atoms with Crippen LogP contribution in [0.15, 0.2) is 53.5 Å². The van der Waals surface area contributed by atoms with Gasteiger partial charge in [0.1, 0.15) is 11.5 Å². The third-order valence-corrected chi connectivity index (χ3v) is 5.09. The van der Waals surface area contributed by atoms with Crippen LogP contribution in [-0.2, 0) is 10.2 Å². The lowest BCUT2D eigenvalue weighted by atomic mass is 9.87. The number of hydrogen-bond acceptors (Lipinski definition) is 6. The number of alkyl halides is 3. The van der Waals surface area contributed by atoms with E-state index in [-0.39, 0.29) is 23.7 Å². The lowest BCUT2D eigenvalue weighted by Crippen LogP contribution is -2.34. The molecule has 2 aromatic heterocycles. The Morgan fingerprint density at radius 3 is 2.51 bits per heavy atom. The van der Waals surface area contributed by atoms with Crippen LogP contribution in [0.2, 0.25) is 0 Å². The van der Waals surface area contributed by atoms with Gasteiger partial charge in [-0.1, -0.05) is 12.1 Å². The van der Waals surface area contributed by atoms with Gasteiger partial charge in [0.2, 0.25) is 0 Å². The molecule has 0 aliphatic carbocycles. The van der Waals surface area contributed by atoms with E-state index in [0.29, 0.717) is 5.69 Å². The van der Waals surface area contributed by atoms with Crippen molar-refractivity contribution in [1.82, 2.24) is 20.3 Å². The molecule has 0 spiro atoms. The van der Waals surface area contributed by atoms with Gasteiger partial charge in [-0.05, 0) is 43.7 Å². The van der Waals surface area contributed by atoms with Crippen LogP contribution in [-0.4, -0.2) is 40.9 Å². The van der Waals surface area contributed by atoms with Gasteiger partial charge in [0.05, 0.1) is 23.8 Å². The normalized spacial score (nSPS) is 12.8. The minimum atomic E-state index is -5.06. The number of halogens is 4. The zero-order chi connectivity index (χ0) is 25.8. The van der Waals surface area contributed by atoms with Crippen molar-refractivity contribution in [2.75, 3.05) is 13.7 Å². The third-order valence-electron chi connectivity index (χ3n) is 5.09. The van der Waals surface area contributed by atoms with Crippen molar-refractivity contribution < 1.29 is 31.8 Å². The van der Waals surface area contributed by atoms with E-state index in [1.54, 1.807) is 38.2 Å². The number of nitrogens with zero attached hydrogens (tertiary/aromatic N) is 2. The molecule has 12 heteroatoms. The molecule has 186 valence electrons. The smallest absolute Gasteiger partial charge is 0.403 e. The molecule has 0 fully saturated rings. The van der Waals surface area contributed by atoms with Gasteiger partial charge in [-0.2, -0.15) is 0 Å². The van der Waals surface area contributed by atoms with E-state index in [9.17, 15) is 27.2 Å². The molecule has 1 amide bonds. The molecule has 0 aliphatic heterocycles. The molecule has 3 aromatic rings. The predicted octanol–water partition coefficient (Wildman–Crippen LogP) is 3.65. The molecule has 2 heterocycles. The molecule has 0 aliphatic rings. The van der Waals surface area contributed by atoms with Gasteiger partial charge in [0, 0.05) is 19.4 Å². The highest BCUT2D eigenvalue weighted by atomic mass is 19.4. The van der Waals surface area contributed by atoms with Gasteiger partial charge in [-0.25, -0.2) is 9.37 Å². The van der Waals surface area contributed by atoms with Crippen molar-refractivity contribution in [3.05, 3.63) is 87.6 Å². The number of benzene rings is 1. The number of carbonyl (C=O) groups is 1. The number of pyridine rings is 1. The Bertz CT molecular complexity index is 1250. The van der Waals surface area contributed by atoms with Crippen LogP contribution in [0.25, 0.3) is 0 Å². The number of aromatic amines is 1. The largest absolute Gasteiger partial charge is 0.573 e. The van der Waals surface area contributed by atoms with Crippen LogP contribution in [0, 0.1) is 5.82 Å². The van der Waals surface area contributed by atoms with Gasteiger partial charge < -0.3 is 19.8 Å². The SMILES string of the molecule is COC[C@@H](NC(=O)c1cc(=O)[nH]c(C(C)(C)c2ccccn2)n1)c1ccc(OC(F)(F)F)c(F)c1. The Hall–Kier alpha value is -3.80. The third kappa shape index (κ3) is 6.41. The molecule has 1 aromatic carbocycles. The number of aromatic nitrogens is 3. The second-order valence-electron chi connectivity index (χ2n) is 8.04. The van der Waals surface area contributed by atoms with Gasteiger partial charge in [0.25, 0.3) is 11.5 Å². The topological polar surface area (TPSA) is 106 Å². The molecule has 8 nitrogen and oxygen atoms in total. The van der Waals surface area contributed by atoms with Crippen molar-refractivity contribution in [2.45, 2.75) is 31.7 Å². The summed E-state index contributed by atoms with van der Waals surface area (Å²) in [6.07, 6.45) is -3.47. The lowest BCUT2D eigenvalue weighted by Gasteiger charge is -2.23. The first-order valence-electron chi connectivity index (χ1n) is 10.3. The summed E-state index contributed by atoms with van der Waals surface area (Å²) >= 11 is 0. The second-order valence-corrected chi connectivity index (χ2v) is 8.04. The summed E-state index contributed by atoms with van der Waals surface area (Å²) in [6, 6.07) is 8.06. The molecule has 2 N–H and O–H groups in total. The Morgan fingerprint density at radius 1 is 1.17 bits per heavy atom. The molecule has 1 atom stereocenters. The summed E-state index contributed by atoms with van der Waals surface area (Å²) < 4.78 is 60.1. The predicted molar refractivity (Wildman–Crippen MR) is 116 cm³/mol. The molecule has 0 bridgehead atoms. The molecule has 0 saturated heterocycles. The fourth-order valence-corrected chi connectivity index (χ4v) is 3.29. The van der Waals surface area contributed by atoms with Crippen molar-refractivity contribution >= 4 is 5.91 Å². The summed E-state index contributed by atoms with van der Waals surface area (Å²) in [5.41, 5.74) is -0.917. The first-order chi connectivity index (χ1) is 16.4. The average Bonchev–Trinajstić information content (AvgIpc) is 2.79. The van der Waals surface area contributed by atoms with Crippen LogP contribution < -0.4 is 15.6 Å². The van der Waals surface area contributed by atoms with Crippen molar-refractivity contribution in [3.63, 3.8) is 0 Å². The van der Waals surface area contributed by atoms with E-state index >= 15 is 0 Å². The average molecular weight is 494 g/mol. The molecule has 0 unspecified atom stereocenters. The number of methoxy groups -OCH3 is 1. The van der Waals surface area contributed by atoms with Gasteiger partial charge >= 0.3 is 6.36 Å². The monoisotopic (exact) mass is 494 g/mol. The lowest BCUT2D eigenvalue weighted by molar-refractivity contribution is -0.275. The number of ether oxygens (including phenoxy) is 2. The standard InChI is InChI=1S/C23H22F4N4O4/c1-22(2,18-6-4-5-9-28-18)21-30-15(11-19(32)31-21)20(33)29-16(12-34-3)13-7-8-17(14(24)10-13)35-23(25,26)27/h4-11,16H,12H2,1-3H3,(H,29,33)(H,30,31,32)/t16-/m1/s1. The maximum atomic E-state index is 14.2. The summed E-state index contributed by atoms with van der Waals surface area (Å²) in [7, 11) is 1.33. The summed E-state index contributed by atoms with van der Waals surface area (Å²) in [6.45, 7) is 3.41. The highest BCUT2D eigenvalue weighted by Gasteiger charge is 2.33. The zero-order valence-electron chi connectivity index (χ0n) is 18.9. The Morgan fingerprint density at radius 2 is 1.91 bits per heavy atom. The van der Waals surface area contributed by atoms with E-state index in [1.807, 2.05) is 0 Å². The summed E-state index contributed by atoms with van der Waals surface area (Å²) in [4.78, 5) is 36.4. The summed E-state index contributed by atoms with van der Waals surface area (Å²) in [5.74, 6) is -2.87. The van der Waals surface area contributed by atoms with E-state index in [4.69, 9.17) is 4.74 Å². The van der Waals surface area contributed by atoms with Gasteiger partial charge in [-0.15, -0.1) is 13.2 Å². The Labute approximate surface area is 197 Å². The number of carbonyl (C=O) groups excluding carboxylic acids is 1. The van der Waals surface area contributed by atoms with Crippen LogP contribution in [0.5, 0.6) is 5.75 Å². The van der Waals surface area contributed by atoms with E-state index < -0.39 is 40.9 Å². The van der Waals surface area contributed by atoms with Gasteiger partial charge in [0.15, 0.2) is 11.6 Å². The quantitative estimate of drug-likeness (QED) is 0.463. The van der Waals surface area contributed by atoms with E-state index in [2.05, 4.69) is 25.0 Å². The fraction of sp³-hybridized carbons (Fsp3) is 0.304. The first kappa shape index (κ1) is 25.8. The van der Waals surface area contributed by atoms with Crippen molar-refractivity contribution in [1.29, 1.82) is 0 Å². The zero-order valence-corrected chi connectivity index (χ0v) is 18.9. The highest BCUT2D eigenvalue weighted by molar-refractivity contribution is 5.92. The molecule has 3 rings (SSSR count). The van der Waals surface area contributed by atoms with Crippen LogP contribution >= 0.6 is 0 Å². The number of H-pyrrole nitrogens is 1. The number of rotatable bonds is 8. The maximum Gasteiger partial charge on any atom is 0.573 e. The molecule has 0 radical (unpaired) electrons.